The van der Waals surface area contributed by atoms with E-state index in [1.165, 1.54) is 37.4 Å². The summed E-state index contributed by atoms with van der Waals surface area (Å²) >= 11 is 0. The summed E-state index contributed by atoms with van der Waals surface area (Å²) in [7, 11) is -3.50. The molecule has 198 valence electrons. The standard InChI is InChI=1S/C25H22F3N5O4S/c1-15-20(22-9-10-31-32(22)2)12-21(23(34)30-13-17-7-8-19(14-29-17)38(3,36)37)24(35)33(15)18-6-4-5-16(11-18)25(26,27)28/h4-12,14H,13H2,1-3H3,(H,30,34)/i2+1D3. The summed E-state index contributed by atoms with van der Waals surface area (Å²) in [5, 5.41) is 6.31. The Morgan fingerprint density at radius 2 is 1.92 bits per heavy atom. The van der Waals surface area contributed by atoms with E-state index in [9.17, 15) is 31.2 Å². The Hall–Kier alpha value is -4.26. The quantitative estimate of drug-likeness (QED) is 0.369. The van der Waals surface area contributed by atoms with Crippen LogP contribution < -0.4 is 10.9 Å². The Kier molecular flexibility index (Phi) is 5.96. The van der Waals surface area contributed by atoms with Crippen LogP contribution >= 0.6 is 0 Å². The predicted octanol–water partition coefficient (Wildman–Crippen LogP) is 3.29. The smallest absolute Gasteiger partial charge is 0.346 e. The van der Waals surface area contributed by atoms with E-state index in [1.807, 2.05) is 0 Å². The lowest BCUT2D eigenvalue weighted by Crippen LogP contribution is -2.34. The number of aryl methyl sites for hydroxylation is 1. The van der Waals surface area contributed by atoms with Gasteiger partial charge in [0.1, 0.15) is 5.56 Å². The molecular weight excluding hydrogens is 524 g/mol. The molecule has 38 heavy (non-hydrogen) atoms. The van der Waals surface area contributed by atoms with Gasteiger partial charge in [0.15, 0.2) is 9.84 Å². The molecule has 4 rings (SSSR count). The first-order valence-corrected chi connectivity index (χ1v) is 12.8. The molecule has 0 saturated carbocycles. The number of amides is 1. The topological polar surface area (TPSA) is 116 Å². The van der Waals surface area contributed by atoms with Crippen LogP contribution in [0.2, 0.25) is 0 Å². The van der Waals surface area contributed by atoms with E-state index in [2.05, 4.69) is 15.4 Å². The van der Waals surface area contributed by atoms with Gasteiger partial charge in [-0.2, -0.15) is 18.3 Å². The number of sulfone groups is 1. The van der Waals surface area contributed by atoms with Crippen LogP contribution in [0.4, 0.5) is 13.2 Å². The van der Waals surface area contributed by atoms with Crippen LogP contribution in [0.25, 0.3) is 16.9 Å². The number of nitrogens with one attached hydrogen (secondary N) is 1. The van der Waals surface area contributed by atoms with Gasteiger partial charge >= 0.3 is 6.18 Å². The second kappa shape index (κ2) is 9.89. The highest BCUT2D eigenvalue weighted by atomic mass is 32.2. The molecule has 0 aliphatic rings. The van der Waals surface area contributed by atoms with Gasteiger partial charge < -0.3 is 5.32 Å². The number of hydrogen-bond acceptors (Lipinski definition) is 6. The van der Waals surface area contributed by atoms with Crippen molar-refractivity contribution >= 4 is 15.7 Å². The third kappa shape index (κ3) is 5.37. The van der Waals surface area contributed by atoms with Crippen molar-refractivity contribution < 1.29 is 30.5 Å². The number of pyridine rings is 2. The molecule has 0 spiro atoms. The Morgan fingerprint density at radius 3 is 2.55 bits per heavy atom. The Bertz CT molecular complexity index is 1800. The number of carbonyl (C=O) groups is 1. The van der Waals surface area contributed by atoms with E-state index in [0.717, 1.165) is 41.3 Å². The van der Waals surface area contributed by atoms with Gasteiger partial charge in [-0.05, 0) is 49.4 Å². The van der Waals surface area contributed by atoms with Crippen molar-refractivity contribution in [3.63, 3.8) is 0 Å². The van der Waals surface area contributed by atoms with Crippen LogP contribution in [-0.2, 0) is 29.5 Å². The van der Waals surface area contributed by atoms with Gasteiger partial charge in [-0.3, -0.25) is 23.8 Å². The highest BCUT2D eigenvalue weighted by molar-refractivity contribution is 7.90. The zero-order valence-corrected chi connectivity index (χ0v) is 20.8. The molecule has 4 aromatic rings. The lowest BCUT2D eigenvalue weighted by atomic mass is 10.1. The first-order chi connectivity index (χ1) is 19.0. The van der Waals surface area contributed by atoms with Gasteiger partial charge in [0, 0.05) is 46.7 Å². The summed E-state index contributed by atoms with van der Waals surface area (Å²) in [5.41, 5.74) is -2.29. The van der Waals surface area contributed by atoms with E-state index in [1.54, 1.807) is 0 Å². The van der Waals surface area contributed by atoms with Crippen LogP contribution in [0.3, 0.4) is 0 Å². The lowest BCUT2D eigenvalue weighted by Gasteiger charge is -2.18. The van der Waals surface area contributed by atoms with Gasteiger partial charge in [-0.15, -0.1) is 0 Å². The molecule has 0 fully saturated rings. The summed E-state index contributed by atoms with van der Waals surface area (Å²) in [6.45, 7) is -1.56. The molecule has 0 atom stereocenters. The number of halogens is 3. The van der Waals surface area contributed by atoms with Crippen molar-refractivity contribution in [2.75, 3.05) is 6.26 Å². The number of alkyl halides is 3. The first kappa shape index (κ1) is 22.9. The third-order valence-corrected chi connectivity index (χ3v) is 6.80. The van der Waals surface area contributed by atoms with Crippen molar-refractivity contribution in [1.29, 1.82) is 0 Å². The molecule has 0 aliphatic heterocycles. The lowest BCUT2D eigenvalue weighted by molar-refractivity contribution is -0.137. The monoisotopic (exact) mass is 549 g/mol. The molecule has 0 unspecified atom stereocenters. The second-order valence-corrected chi connectivity index (χ2v) is 10.3. The fraction of sp³-hybridized carbons (Fsp3) is 0.200. The Balaban J connectivity index is 1.84. The van der Waals surface area contributed by atoms with Gasteiger partial charge in [0.05, 0.1) is 28.4 Å². The maximum Gasteiger partial charge on any atom is 0.416 e. The van der Waals surface area contributed by atoms with Crippen LogP contribution in [0.15, 0.2) is 70.6 Å². The fourth-order valence-electron chi connectivity index (χ4n) is 3.77. The van der Waals surface area contributed by atoms with Crippen molar-refractivity contribution in [3.8, 4) is 16.9 Å². The number of nitrogens with zero attached hydrogens (tertiary/aromatic N) is 4. The zero-order valence-electron chi connectivity index (χ0n) is 22.9. The van der Waals surface area contributed by atoms with Crippen LogP contribution in [0.5, 0.6) is 0 Å². The molecule has 0 saturated heterocycles. The van der Waals surface area contributed by atoms with E-state index in [-0.39, 0.29) is 39.8 Å². The number of rotatable bonds is 6. The molecule has 1 amide bonds. The summed E-state index contributed by atoms with van der Waals surface area (Å²) in [4.78, 5) is 30.7. The number of aromatic nitrogens is 4. The minimum atomic E-state index is -4.72. The summed E-state index contributed by atoms with van der Waals surface area (Å²) in [5.74, 6) is -0.925. The van der Waals surface area contributed by atoms with Crippen molar-refractivity contribution in [3.05, 3.63) is 93.8 Å². The van der Waals surface area contributed by atoms with Gasteiger partial charge in [0.2, 0.25) is 0 Å². The maximum atomic E-state index is 13.6. The van der Waals surface area contributed by atoms with Gasteiger partial charge in [-0.1, -0.05) is 6.07 Å². The highest BCUT2D eigenvalue weighted by Crippen LogP contribution is 2.31. The summed E-state index contributed by atoms with van der Waals surface area (Å²) in [6, 6.07) is 9.08. The molecule has 13 heteroatoms. The molecule has 1 aromatic carbocycles. The normalized spacial score (nSPS) is 13.4. The maximum absolute atomic E-state index is 13.6. The first-order valence-electron chi connectivity index (χ1n) is 12.4. The molecule has 1 N–H and O–H groups in total. The molecule has 0 bridgehead atoms. The van der Waals surface area contributed by atoms with Crippen LogP contribution in [0.1, 0.15) is 31.4 Å². The Morgan fingerprint density at radius 1 is 1.16 bits per heavy atom. The predicted molar refractivity (Wildman–Crippen MR) is 132 cm³/mol. The number of benzene rings is 1. The fourth-order valence-corrected chi connectivity index (χ4v) is 4.33. The van der Waals surface area contributed by atoms with Gasteiger partial charge in [0.25, 0.3) is 11.5 Å². The molecule has 0 radical (unpaired) electrons. The number of hydrogen-bond donors (Lipinski definition) is 1. The second-order valence-electron chi connectivity index (χ2n) is 8.31. The van der Waals surface area contributed by atoms with Gasteiger partial charge in [-0.25, -0.2) is 8.42 Å². The SMILES string of the molecule is [2H][13C]([2H])([2H])n1nccc1-c1cc(C(=O)NCc2ccc(S(C)(=O)=O)cn2)c(=O)n(-c2cccc(C(F)(F)F)c2)c1C. The number of carbonyl (C=O) groups excluding carboxylic acids is 1. The average molecular weight is 550 g/mol. The van der Waals surface area contributed by atoms with Crippen molar-refractivity contribution in [1.82, 2.24) is 24.6 Å². The molecule has 9 nitrogen and oxygen atoms in total. The minimum Gasteiger partial charge on any atom is -0.346 e. The van der Waals surface area contributed by atoms with E-state index in [0.29, 0.717) is 4.68 Å². The van der Waals surface area contributed by atoms with Crippen molar-refractivity contribution in [2.24, 2.45) is 6.98 Å². The molecule has 0 aliphatic carbocycles. The summed E-state index contributed by atoms with van der Waals surface area (Å²) in [6.07, 6.45) is -1.40. The van der Waals surface area contributed by atoms with E-state index < -0.39 is 45.6 Å². The van der Waals surface area contributed by atoms with Crippen LogP contribution in [-0.4, -0.2) is 39.9 Å². The van der Waals surface area contributed by atoms with E-state index >= 15 is 0 Å². The minimum absolute atomic E-state index is 0.00435. The summed E-state index contributed by atoms with van der Waals surface area (Å²) < 4.78 is 88.6. The van der Waals surface area contributed by atoms with Crippen molar-refractivity contribution in [2.45, 2.75) is 24.5 Å². The van der Waals surface area contributed by atoms with Crippen LogP contribution in [0, 0.1) is 6.92 Å². The highest BCUT2D eigenvalue weighted by Gasteiger charge is 2.31. The van der Waals surface area contributed by atoms with E-state index in [4.69, 9.17) is 4.11 Å². The Labute approximate surface area is 219 Å². The molecule has 3 heterocycles. The third-order valence-electron chi connectivity index (χ3n) is 5.70. The average Bonchev–Trinajstić information content (AvgIpc) is 3.37. The molecular formula is C25H22F3N5O4S. The largest absolute Gasteiger partial charge is 0.416 e. The zero-order chi connectivity index (χ0) is 30.3. The molecule has 3 aromatic heterocycles.